The van der Waals surface area contributed by atoms with E-state index in [0.29, 0.717) is 0 Å². The summed E-state index contributed by atoms with van der Waals surface area (Å²) in [4.78, 5) is 0. The third-order valence-corrected chi connectivity index (χ3v) is 3.61. The first-order chi connectivity index (χ1) is 6.24. The molecule has 0 aromatic carbocycles. The van der Waals surface area contributed by atoms with Crippen molar-refractivity contribution in [3.05, 3.63) is 0 Å². The average molecular weight is 183 g/mol. The van der Waals surface area contributed by atoms with Crippen LogP contribution >= 0.6 is 0 Å². The molecule has 1 nitrogen and oxygen atoms in total. The summed E-state index contributed by atoms with van der Waals surface area (Å²) in [5.74, 6) is 1.89. The predicted octanol–water partition coefficient (Wildman–Crippen LogP) is 3.20. The highest BCUT2D eigenvalue weighted by molar-refractivity contribution is 4.73. The van der Waals surface area contributed by atoms with E-state index in [4.69, 9.17) is 0 Å². The van der Waals surface area contributed by atoms with Gasteiger partial charge in [0.25, 0.3) is 0 Å². The quantitative estimate of drug-likeness (QED) is 0.693. The van der Waals surface area contributed by atoms with Gasteiger partial charge in [-0.2, -0.15) is 0 Å². The van der Waals surface area contributed by atoms with Crippen LogP contribution in [0.3, 0.4) is 0 Å². The predicted molar refractivity (Wildman–Crippen MR) is 58.9 cm³/mol. The van der Waals surface area contributed by atoms with E-state index in [0.717, 1.165) is 17.9 Å². The second-order valence-corrected chi connectivity index (χ2v) is 4.85. The number of hydrogen-bond donors (Lipinski definition) is 1. The molecule has 1 rings (SSSR count). The summed E-state index contributed by atoms with van der Waals surface area (Å²) >= 11 is 0. The van der Waals surface area contributed by atoms with Gasteiger partial charge >= 0.3 is 0 Å². The summed E-state index contributed by atoms with van der Waals surface area (Å²) in [6, 6.07) is 0.799. The first kappa shape index (κ1) is 11.0. The molecule has 1 aliphatic rings. The Morgan fingerprint density at radius 3 is 1.92 bits per heavy atom. The molecule has 0 aromatic rings. The normalized spacial score (nSPS) is 31.4. The SMILES string of the molecule is CNC1CCCC(C(C)C)CCC1. The van der Waals surface area contributed by atoms with Crippen LogP contribution in [0.2, 0.25) is 0 Å². The lowest BCUT2D eigenvalue weighted by Gasteiger charge is -2.26. The Morgan fingerprint density at radius 2 is 1.54 bits per heavy atom. The standard InChI is InChI=1S/C12H25N/c1-10(2)11-6-4-8-12(13-3)9-5-7-11/h10-13H,4-9H2,1-3H3. The molecule has 1 heteroatoms. The van der Waals surface area contributed by atoms with E-state index < -0.39 is 0 Å². The summed E-state index contributed by atoms with van der Waals surface area (Å²) in [5.41, 5.74) is 0. The largest absolute Gasteiger partial charge is 0.317 e. The van der Waals surface area contributed by atoms with Gasteiger partial charge in [-0.3, -0.25) is 0 Å². The van der Waals surface area contributed by atoms with Crippen LogP contribution in [-0.4, -0.2) is 13.1 Å². The van der Waals surface area contributed by atoms with Crippen molar-refractivity contribution < 1.29 is 0 Å². The molecule has 0 aliphatic heterocycles. The van der Waals surface area contributed by atoms with E-state index in [9.17, 15) is 0 Å². The van der Waals surface area contributed by atoms with Crippen LogP contribution in [0.15, 0.2) is 0 Å². The van der Waals surface area contributed by atoms with Gasteiger partial charge in [-0.15, -0.1) is 0 Å². The first-order valence-corrected chi connectivity index (χ1v) is 5.91. The lowest BCUT2D eigenvalue weighted by atomic mass is 9.82. The van der Waals surface area contributed by atoms with Gasteiger partial charge in [0.15, 0.2) is 0 Å². The van der Waals surface area contributed by atoms with Gasteiger partial charge in [0, 0.05) is 6.04 Å². The Labute approximate surface area is 83.3 Å². The zero-order valence-corrected chi connectivity index (χ0v) is 9.47. The molecule has 1 fully saturated rings. The van der Waals surface area contributed by atoms with Crippen molar-refractivity contribution in [1.29, 1.82) is 0 Å². The summed E-state index contributed by atoms with van der Waals surface area (Å²) < 4.78 is 0. The van der Waals surface area contributed by atoms with Crippen molar-refractivity contribution in [2.45, 2.75) is 58.4 Å². The zero-order valence-electron chi connectivity index (χ0n) is 9.47. The van der Waals surface area contributed by atoms with Gasteiger partial charge in [0.2, 0.25) is 0 Å². The summed E-state index contributed by atoms with van der Waals surface area (Å²) in [6.07, 6.45) is 8.54. The van der Waals surface area contributed by atoms with Gasteiger partial charge in [-0.1, -0.05) is 39.5 Å². The number of hydrogen-bond acceptors (Lipinski definition) is 1. The molecular formula is C12H25N. The van der Waals surface area contributed by atoms with Gasteiger partial charge in [0.1, 0.15) is 0 Å². The van der Waals surface area contributed by atoms with Crippen molar-refractivity contribution in [3.63, 3.8) is 0 Å². The lowest BCUT2D eigenvalue weighted by molar-refractivity contribution is 0.278. The molecule has 0 radical (unpaired) electrons. The minimum absolute atomic E-state index is 0.799. The molecular weight excluding hydrogens is 158 g/mol. The Hall–Kier alpha value is -0.0400. The van der Waals surface area contributed by atoms with E-state index in [1.165, 1.54) is 38.5 Å². The highest BCUT2D eigenvalue weighted by Gasteiger charge is 2.17. The molecule has 0 spiro atoms. The van der Waals surface area contributed by atoms with Crippen LogP contribution in [0.25, 0.3) is 0 Å². The van der Waals surface area contributed by atoms with Crippen LogP contribution in [-0.2, 0) is 0 Å². The average Bonchev–Trinajstić information content (AvgIpc) is 2.03. The number of nitrogens with one attached hydrogen (secondary N) is 1. The molecule has 0 saturated heterocycles. The van der Waals surface area contributed by atoms with Crippen LogP contribution < -0.4 is 5.32 Å². The summed E-state index contributed by atoms with van der Waals surface area (Å²) in [6.45, 7) is 4.75. The molecule has 1 saturated carbocycles. The highest BCUT2D eigenvalue weighted by Crippen LogP contribution is 2.27. The Balaban J connectivity index is 2.30. The molecule has 13 heavy (non-hydrogen) atoms. The molecule has 0 heterocycles. The second-order valence-electron chi connectivity index (χ2n) is 4.85. The van der Waals surface area contributed by atoms with Crippen LogP contribution in [0.4, 0.5) is 0 Å². The molecule has 1 N–H and O–H groups in total. The second kappa shape index (κ2) is 5.64. The van der Waals surface area contributed by atoms with E-state index >= 15 is 0 Å². The smallest absolute Gasteiger partial charge is 0.00640 e. The molecule has 0 unspecified atom stereocenters. The van der Waals surface area contributed by atoms with Gasteiger partial charge in [-0.25, -0.2) is 0 Å². The fourth-order valence-electron chi connectivity index (χ4n) is 2.50. The Morgan fingerprint density at radius 1 is 1.00 bits per heavy atom. The van der Waals surface area contributed by atoms with Crippen LogP contribution in [0.5, 0.6) is 0 Å². The maximum absolute atomic E-state index is 3.42. The molecule has 0 atom stereocenters. The van der Waals surface area contributed by atoms with Gasteiger partial charge < -0.3 is 5.32 Å². The molecule has 0 bridgehead atoms. The zero-order chi connectivity index (χ0) is 9.68. The van der Waals surface area contributed by atoms with Crippen molar-refractivity contribution in [1.82, 2.24) is 5.32 Å². The van der Waals surface area contributed by atoms with E-state index in [-0.39, 0.29) is 0 Å². The maximum atomic E-state index is 3.42. The van der Waals surface area contributed by atoms with Crippen LogP contribution in [0, 0.1) is 11.8 Å². The topological polar surface area (TPSA) is 12.0 Å². The van der Waals surface area contributed by atoms with Gasteiger partial charge in [-0.05, 0) is 31.7 Å². The number of rotatable bonds is 2. The van der Waals surface area contributed by atoms with E-state index in [1.807, 2.05) is 0 Å². The fraction of sp³-hybridized carbons (Fsp3) is 1.00. The lowest BCUT2D eigenvalue weighted by Crippen LogP contribution is -2.27. The van der Waals surface area contributed by atoms with E-state index in [1.54, 1.807) is 0 Å². The van der Waals surface area contributed by atoms with Crippen molar-refractivity contribution in [2.75, 3.05) is 7.05 Å². The highest BCUT2D eigenvalue weighted by atomic mass is 14.9. The summed E-state index contributed by atoms with van der Waals surface area (Å²) in [5, 5.41) is 3.42. The molecule has 0 aromatic heterocycles. The Bertz CT molecular complexity index is 121. The maximum Gasteiger partial charge on any atom is 0.00640 e. The monoisotopic (exact) mass is 183 g/mol. The van der Waals surface area contributed by atoms with Crippen molar-refractivity contribution in [2.24, 2.45) is 11.8 Å². The molecule has 78 valence electrons. The third-order valence-electron chi connectivity index (χ3n) is 3.61. The minimum atomic E-state index is 0.799. The molecule has 1 aliphatic carbocycles. The van der Waals surface area contributed by atoms with E-state index in [2.05, 4.69) is 26.2 Å². The minimum Gasteiger partial charge on any atom is -0.317 e. The fourth-order valence-corrected chi connectivity index (χ4v) is 2.50. The van der Waals surface area contributed by atoms with Gasteiger partial charge in [0.05, 0.1) is 0 Å². The summed E-state index contributed by atoms with van der Waals surface area (Å²) in [7, 11) is 2.10. The Kier molecular flexibility index (Phi) is 4.79. The molecule has 0 amide bonds. The first-order valence-electron chi connectivity index (χ1n) is 5.91. The third kappa shape index (κ3) is 3.68. The van der Waals surface area contributed by atoms with Crippen molar-refractivity contribution in [3.8, 4) is 0 Å². The van der Waals surface area contributed by atoms with Crippen molar-refractivity contribution >= 4 is 0 Å². The van der Waals surface area contributed by atoms with Crippen LogP contribution in [0.1, 0.15) is 52.4 Å².